The van der Waals surface area contributed by atoms with E-state index in [-0.39, 0.29) is 12.0 Å². The van der Waals surface area contributed by atoms with E-state index in [1.165, 1.54) is 19.4 Å². The molecule has 1 N–H and O–H groups in total. The molecule has 0 aliphatic carbocycles. The van der Waals surface area contributed by atoms with Crippen molar-refractivity contribution in [2.45, 2.75) is 25.0 Å². The molecule has 5 nitrogen and oxygen atoms in total. The summed E-state index contributed by atoms with van der Waals surface area (Å²) in [7, 11) is 0. The Kier molecular flexibility index (Phi) is 3.75. The van der Waals surface area contributed by atoms with Gasteiger partial charge in [0.25, 0.3) is 5.91 Å². The SMILES string of the molecule is O=C(NC[C@@H]1CN2CCC[C@H]2CO1)c1ccccn1. The lowest BCUT2D eigenvalue weighted by Crippen LogP contribution is -2.50. The van der Waals surface area contributed by atoms with Gasteiger partial charge in [-0.3, -0.25) is 14.7 Å². The maximum absolute atomic E-state index is 11.9. The molecule has 19 heavy (non-hydrogen) atoms. The van der Waals surface area contributed by atoms with Gasteiger partial charge in [0, 0.05) is 25.3 Å². The lowest BCUT2D eigenvalue weighted by atomic mass is 10.2. The Labute approximate surface area is 113 Å². The van der Waals surface area contributed by atoms with E-state index in [4.69, 9.17) is 4.74 Å². The molecule has 0 radical (unpaired) electrons. The van der Waals surface area contributed by atoms with Crippen molar-refractivity contribution >= 4 is 5.91 Å². The molecular weight excluding hydrogens is 242 g/mol. The van der Waals surface area contributed by atoms with Crippen molar-refractivity contribution in [1.82, 2.24) is 15.2 Å². The zero-order valence-electron chi connectivity index (χ0n) is 10.9. The molecule has 0 aromatic carbocycles. The molecular formula is C14H19N3O2. The van der Waals surface area contributed by atoms with Gasteiger partial charge in [-0.15, -0.1) is 0 Å². The third-order valence-corrected chi connectivity index (χ3v) is 3.85. The summed E-state index contributed by atoms with van der Waals surface area (Å²) in [6.07, 6.45) is 4.23. The van der Waals surface area contributed by atoms with Crippen LogP contribution in [0.1, 0.15) is 23.3 Å². The molecule has 2 atom stereocenters. The van der Waals surface area contributed by atoms with Gasteiger partial charge in [-0.1, -0.05) is 6.07 Å². The van der Waals surface area contributed by atoms with Crippen molar-refractivity contribution in [3.63, 3.8) is 0 Å². The minimum atomic E-state index is -0.132. The molecule has 2 saturated heterocycles. The van der Waals surface area contributed by atoms with E-state index in [2.05, 4.69) is 15.2 Å². The lowest BCUT2D eigenvalue weighted by Gasteiger charge is -2.35. The van der Waals surface area contributed by atoms with Gasteiger partial charge in [-0.25, -0.2) is 0 Å². The summed E-state index contributed by atoms with van der Waals surface area (Å²) in [4.78, 5) is 18.4. The van der Waals surface area contributed by atoms with Crippen LogP contribution in [0.5, 0.6) is 0 Å². The number of carbonyl (C=O) groups excluding carboxylic acids is 1. The molecule has 102 valence electrons. The number of hydrogen-bond donors (Lipinski definition) is 1. The summed E-state index contributed by atoms with van der Waals surface area (Å²) < 4.78 is 5.80. The van der Waals surface area contributed by atoms with E-state index in [9.17, 15) is 4.79 Å². The summed E-state index contributed by atoms with van der Waals surface area (Å²) in [6.45, 7) is 3.44. The van der Waals surface area contributed by atoms with Crippen LogP contribution in [0.15, 0.2) is 24.4 Å². The van der Waals surface area contributed by atoms with Crippen molar-refractivity contribution in [2.24, 2.45) is 0 Å². The zero-order valence-corrected chi connectivity index (χ0v) is 10.9. The third-order valence-electron chi connectivity index (χ3n) is 3.85. The van der Waals surface area contributed by atoms with Crippen molar-refractivity contribution in [3.05, 3.63) is 30.1 Å². The van der Waals surface area contributed by atoms with Crippen LogP contribution in [0.3, 0.4) is 0 Å². The molecule has 0 bridgehead atoms. The first-order valence-electron chi connectivity index (χ1n) is 6.88. The first-order chi connectivity index (χ1) is 9.33. The Morgan fingerprint density at radius 2 is 2.47 bits per heavy atom. The van der Waals surface area contributed by atoms with Gasteiger partial charge >= 0.3 is 0 Å². The molecule has 0 unspecified atom stereocenters. The highest BCUT2D eigenvalue weighted by Gasteiger charge is 2.32. The maximum atomic E-state index is 11.9. The molecule has 0 spiro atoms. The summed E-state index contributed by atoms with van der Waals surface area (Å²) in [5.74, 6) is -0.132. The second-order valence-corrected chi connectivity index (χ2v) is 5.17. The number of morpholine rings is 1. The summed E-state index contributed by atoms with van der Waals surface area (Å²) in [5.41, 5.74) is 0.456. The van der Waals surface area contributed by atoms with Crippen LogP contribution in [-0.2, 0) is 4.74 Å². The number of rotatable bonds is 3. The molecule has 1 aromatic rings. The monoisotopic (exact) mass is 261 g/mol. The molecule has 2 fully saturated rings. The first-order valence-corrected chi connectivity index (χ1v) is 6.88. The minimum Gasteiger partial charge on any atom is -0.373 e. The third kappa shape index (κ3) is 2.93. The van der Waals surface area contributed by atoms with E-state index in [0.717, 1.165) is 13.2 Å². The standard InChI is InChI=1S/C14H19N3O2/c18-14(13-5-1-2-6-15-13)16-8-12-9-17-7-3-4-11(17)10-19-12/h1-2,5-6,11-12H,3-4,7-10H2,(H,16,18)/t11-,12+/m0/s1. The van der Waals surface area contributed by atoms with Gasteiger partial charge in [0.05, 0.1) is 12.7 Å². The normalized spacial score (nSPS) is 26.9. The van der Waals surface area contributed by atoms with Gasteiger partial charge in [0.15, 0.2) is 0 Å². The topological polar surface area (TPSA) is 54.5 Å². The van der Waals surface area contributed by atoms with Gasteiger partial charge in [-0.2, -0.15) is 0 Å². The predicted molar refractivity (Wildman–Crippen MR) is 70.9 cm³/mol. The molecule has 5 heteroatoms. The number of fused-ring (bicyclic) bond motifs is 1. The number of nitrogens with zero attached hydrogens (tertiary/aromatic N) is 2. The molecule has 3 rings (SSSR count). The summed E-state index contributed by atoms with van der Waals surface area (Å²) >= 11 is 0. The first kappa shape index (κ1) is 12.6. The molecule has 2 aliphatic heterocycles. The van der Waals surface area contributed by atoms with Gasteiger partial charge in [0.1, 0.15) is 5.69 Å². The Hall–Kier alpha value is -1.46. The van der Waals surface area contributed by atoms with Crippen LogP contribution in [0.2, 0.25) is 0 Å². The Bertz CT molecular complexity index is 438. The number of nitrogens with one attached hydrogen (secondary N) is 1. The lowest BCUT2D eigenvalue weighted by molar-refractivity contribution is -0.0462. The fraction of sp³-hybridized carbons (Fsp3) is 0.571. The largest absolute Gasteiger partial charge is 0.373 e. The van der Waals surface area contributed by atoms with E-state index in [0.29, 0.717) is 18.3 Å². The second kappa shape index (κ2) is 5.67. The van der Waals surface area contributed by atoms with Gasteiger partial charge in [-0.05, 0) is 31.5 Å². The van der Waals surface area contributed by atoms with Crippen LogP contribution in [0.25, 0.3) is 0 Å². The van der Waals surface area contributed by atoms with E-state index >= 15 is 0 Å². The average molecular weight is 261 g/mol. The average Bonchev–Trinajstić information content (AvgIpc) is 2.93. The van der Waals surface area contributed by atoms with Crippen molar-refractivity contribution < 1.29 is 9.53 Å². The fourth-order valence-corrected chi connectivity index (χ4v) is 2.80. The van der Waals surface area contributed by atoms with Crippen molar-refractivity contribution in [2.75, 3.05) is 26.2 Å². The molecule has 1 amide bonds. The number of amides is 1. The van der Waals surface area contributed by atoms with E-state index in [1.54, 1.807) is 18.3 Å². The number of aromatic nitrogens is 1. The fourth-order valence-electron chi connectivity index (χ4n) is 2.80. The van der Waals surface area contributed by atoms with E-state index < -0.39 is 0 Å². The number of ether oxygens (including phenoxy) is 1. The van der Waals surface area contributed by atoms with Crippen LogP contribution in [-0.4, -0.2) is 54.2 Å². The minimum absolute atomic E-state index is 0.0991. The van der Waals surface area contributed by atoms with E-state index in [1.807, 2.05) is 6.07 Å². The molecule has 2 aliphatic rings. The quantitative estimate of drug-likeness (QED) is 0.869. The maximum Gasteiger partial charge on any atom is 0.269 e. The highest BCUT2D eigenvalue weighted by molar-refractivity contribution is 5.92. The van der Waals surface area contributed by atoms with Crippen molar-refractivity contribution in [1.29, 1.82) is 0 Å². The Morgan fingerprint density at radius 1 is 1.53 bits per heavy atom. The zero-order chi connectivity index (χ0) is 13.1. The predicted octanol–water partition coefficient (Wildman–Crippen LogP) is 0.675. The Balaban J connectivity index is 1.49. The second-order valence-electron chi connectivity index (χ2n) is 5.17. The van der Waals surface area contributed by atoms with Crippen LogP contribution in [0.4, 0.5) is 0 Å². The van der Waals surface area contributed by atoms with Crippen molar-refractivity contribution in [3.8, 4) is 0 Å². The number of carbonyl (C=O) groups is 1. The smallest absolute Gasteiger partial charge is 0.269 e. The Morgan fingerprint density at radius 3 is 3.32 bits per heavy atom. The molecule has 1 aromatic heterocycles. The molecule has 3 heterocycles. The van der Waals surface area contributed by atoms with Crippen LogP contribution in [0, 0.1) is 0 Å². The highest BCUT2D eigenvalue weighted by atomic mass is 16.5. The molecule has 0 saturated carbocycles. The van der Waals surface area contributed by atoms with Gasteiger partial charge in [0.2, 0.25) is 0 Å². The summed E-state index contributed by atoms with van der Waals surface area (Å²) in [5, 5.41) is 2.90. The van der Waals surface area contributed by atoms with Crippen LogP contribution < -0.4 is 5.32 Å². The highest BCUT2D eigenvalue weighted by Crippen LogP contribution is 2.22. The van der Waals surface area contributed by atoms with Crippen LogP contribution >= 0.6 is 0 Å². The number of hydrogen-bond acceptors (Lipinski definition) is 4. The summed E-state index contributed by atoms with van der Waals surface area (Å²) in [6, 6.07) is 5.93. The van der Waals surface area contributed by atoms with Gasteiger partial charge < -0.3 is 10.1 Å². The number of pyridine rings is 1.